The second-order valence-corrected chi connectivity index (χ2v) is 6.70. The maximum Gasteiger partial charge on any atom is 0.411 e. The number of carbonyl (C=O) groups is 1. The first kappa shape index (κ1) is 18.1. The molecule has 1 aliphatic rings. The minimum Gasteiger partial charge on any atom is -0.359 e. The lowest BCUT2D eigenvalue weighted by Gasteiger charge is -2.33. The fourth-order valence-corrected chi connectivity index (χ4v) is 3.40. The lowest BCUT2D eigenvalue weighted by molar-refractivity contribution is -0.188. The molecule has 128 valence electrons. The van der Waals surface area contributed by atoms with Crippen molar-refractivity contribution in [3.63, 3.8) is 0 Å². The lowest BCUT2D eigenvalue weighted by atomic mass is 10.1. The van der Waals surface area contributed by atoms with Gasteiger partial charge in [0.25, 0.3) is 5.91 Å². The van der Waals surface area contributed by atoms with Gasteiger partial charge in [-0.2, -0.15) is 13.2 Å². The smallest absolute Gasteiger partial charge is 0.359 e. The number of halogens is 3. The third-order valence-corrected chi connectivity index (χ3v) is 4.81. The van der Waals surface area contributed by atoms with Crippen LogP contribution in [0.25, 0.3) is 0 Å². The highest BCUT2D eigenvalue weighted by Crippen LogP contribution is 2.29. The second kappa shape index (κ2) is 8.01. The summed E-state index contributed by atoms with van der Waals surface area (Å²) in [5.41, 5.74) is 0. The maximum absolute atomic E-state index is 12.1. The summed E-state index contributed by atoms with van der Waals surface area (Å²) >= 11 is 1.67. The molecule has 0 radical (unpaired) electrons. The molecular formula is C15H19F3N2O2S. The molecule has 0 spiro atoms. The molecule has 1 aliphatic heterocycles. The Bertz CT molecular complexity index is 505. The molecule has 1 aromatic rings. The Morgan fingerprint density at radius 1 is 1.43 bits per heavy atom. The van der Waals surface area contributed by atoms with E-state index in [0.29, 0.717) is 18.3 Å². The lowest BCUT2D eigenvalue weighted by Crippen LogP contribution is -2.45. The van der Waals surface area contributed by atoms with Crippen LogP contribution in [0.5, 0.6) is 0 Å². The molecule has 2 rings (SSSR count). The largest absolute Gasteiger partial charge is 0.411 e. The highest BCUT2D eigenvalue weighted by atomic mass is 32.2. The van der Waals surface area contributed by atoms with Gasteiger partial charge in [-0.15, -0.1) is 11.8 Å². The van der Waals surface area contributed by atoms with E-state index in [-0.39, 0.29) is 5.91 Å². The number of nitrogens with zero attached hydrogens (tertiary/aromatic N) is 2. The predicted molar refractivity (Wildman–Crippen MR) is 81.2 cm³/mol. The third-order valence-electron chi connectivity index (χ3n) is 3.52. The molecule has 8 heteroatoms. The van der Waals surface area contributed by atoms with Crippen LogP contribution in [0.15, 0.2) is 29.4 Å². The van der Waals surface area contributed by atoms with Crippen molar-refractivity contribution >= 4 is 17.7 Å². The summed E-state index contributed by atoms with van der Waals surface area (Å²) in [6.45, 7) is 1.03. The molecule has 0 aliphatic carbocycles. The van der Waals surface area contributed by atoms with E-state index in [2.05, 4.69) is 9.72 Å². The van der Waals surface area contributed by atoms with E-state index in [4.69, 9.17) is 0 Å². The van der Waals surface area contributed by atoms with Crippen molar-refractivity contribution in [3.8, 4) is 0 Å². The average Bonchev–Trinajstić information content (AvgIpc) is 2.53. The van der Waals surface area contributed by atoms with E-state index < -0.39 is 18.9 Å². The number of carbonyl (C=O) groups excluding carboxylic acids is 1. The summed E-state index contributed by atoms with van der Waals surface area (Å²) in [5.74, 6) is -0.379. The maximum atomic E-state index is 12.1. The fourth-order valence-electron chi connectivity index (χ4n) is 2.33. The minimum atomic E-state index is -4.42. The number of hydrogen-bond donors (Lipinski definition) is 0. The van der Waals surface area contributed by atoms with Crippen molar-refractivity contribution in [2.45, 2.75) is 42.3 Å². The van der Waals surface area contributed by atoms with Gasteiger partial charge in [0.1, 0.15) is 12.7 Å². The summed E-state index contributed by atoms with van der Waals surface area (Å²) in [5, 5.41) is 1.31. The molecule has 1 amide bonds. The number of thioether (sulfide) groups is 1. The van der Waals surface area contributed by atoms with Crippen LogP contribution in [0.1, 0.15) is 19.8 Å². The van der Waals surface area contributed by atoms with Gasteiger partial charge in [-0.25, -0.2) is 4.98 Å². The third kappa shape index (κ3) is 6.02. The summed E-state index contributed by atoms with van der Waals surface area (Å²) in [6, 6.07) is 5.72. The number of pyridine rings is 1. The molecule has 0 N–H and O–H groups in total. The van der Waals surface area contributed by atoms with Crippen molar-refractivity contribution in [1.29, 1.82) is 0 Å². The number of amides is 1. The zero-order valence-corrected chi connectivity index (χ0v) is 13.6. The first-order chi connectivity index (χ1) is 10.8. The predicted octanol–water partition coefficient (Wildman–Crippen LogP) is 3.13. The van der Waals surface area contributed by atoms with Crippen molar-refractivity contribution < 1.29 is 22.7 Å². The number of piperidine rings is 1. The number of rotatable bonds is 5. The van der Waals surface area contributed by atoms with Crippen LogP contribution in [0.3, 0.4) is 0 Å². The first-order valence-corrected chi connectivity index (χ1v) is 8.28. The Balaban J connectivity index is 1.76. The summed E-state index contributed by atoms with van der Waals surface area (Å²) in [4.78, 5) is 17.9. The molecule has 1 atom stereocenters. The Morgan fingerprint density at radius 3 is 2.70 bits per heavy atom. The number of aromatic nitrogens is 1. The number of likely N-dealkylation sites (tertiary alicyclic amines) is 1. The Kier molecular flexibility index (Phi) is 6.29. The average molecular weight is 348 g/mol. The van der Waals surface area contributed by atoms with Crippen LogP contribution in [0.4, 0.5) is 13.2 Å². The SMILES string of the molecule is C[C@H](OCC(F)(F)F)C(=O)N1CCC(Sc2ccccn2)CC1. The fraction of sp³-hybridized carbons (Fsp3) is 0.600. The van der Waals surface area contributed by atoms with Crippen molar-refractivity contribution in [2.75, 3.05) is 19.7 Å². The van der Waals surface area contributed by atoms with E-state index in [1.807, 2.05) is 18.2 Å². The van der Waals surface area contributed by atoms with Gasteiger partial charge in [0.2, 0.25) is 0 Å². The number of ether oxygens (including phenoxy) is 1. The van der Waals surface area contributed by atoms with Crippen LogP contribution in [-0.4, -0.2) is 53.0 Å². The van der Waals surface area contributed by atoms with Crippen molar-refractivity contribution in [2.24, 2.45) is 0 Å². The van der Waals surface area contributed by atoms with Crippen LogP contribution in [0.2, 0.25) is 0 Å². The molecule has 23 heavy (non-hydrogen) atoms. The van der Waals surface area contributed by atoms with Gasteiger partial charge in [-0.05, 0) is 31.9 Å². The highest BCUT2D eigenvalue weighted by Gasteiger charge is 2.32. The van der Waals surface area contributed by atoms with Gasteiger partial charge in [0.05, 0.1) is 5.03 Å². The van der Waals surface area contributed by atoms with E-state index in [9.17, 15) is 18.0 Å². The Hall–Kier alpha value is -1.28. The van der Waals surface area contributed by atoms with E-state index in [1.54, 1.807) is 22.9 Å². The standard InChI is InChI=1S/C15H19F3N2O2S/c1-11(22-10-15(16,17)18)14(21)20-8-5-12(6-9-20)23-13-4-2-3-7-19-13/h2-4,7,11-12H,5-6,8-10H2,1H3/t11-/m0/s1. The monoisotopic (exact) mass is 348 g/mol. The van der Waals surface area contributed by atoms with Crippen LogP contribution in [0, 0.1) is 0 Å². The molecule has 0 bridgehead atoms. The van der Waals surface area contributed by atoms with Gasteiger partial charge in [-0.3, -0.25) is 4.79 Å². The van der Waals surface area contributed by atoms with E-state index in [1.165, 1.54) is 6.92 Å². The van der Waals surface area contributed by atoms with Crippen molar-refractivity contribution in [3.05, 3.63) is 24.4 Å². The quantitative estimate of drug-likeness (QED) is 0.820. The van der Waals surface area contributed by atoms with Crippen LogP contribution < -0.4 is 0 Å². The topological polar surface area (TPSA) is 42.4 Å². The zero-order valence-electron chi connectivity index (χ0n) is 12.8. The first-order valence-electron chi connectivity index (χ1n) is 7.40. The molecular weight excluding hydrogens is 329 g/mol. The van der Waals surface area contributed by atoms with E-state index >= 15 is 0 Å². The summed E-state index contributed by atoms with van der Waals surface area (Å²) < 4.78 is 41.0. The van der Waals surface area contributed by atoms with Gasteiger partial charge >= 0.3 is 6.18 Å². The Labute approximate surface area is 137 Å². The summed E-state index contributed by atoms with van der Waals surface area (Å²) in [6.07, 6.45) is -2.17. The normalized spacial score (nSPS) is 18.0. The Morgan fingerprint density at radius 2 is 2.13 bits per heavy atom. The summed E-state index contributed by atoms with van der Waals surface area (Å²) in [7, 11) is 0. The number of alkyl halides is 3. The molecule has 1 fully saturated rings. The van der Waals surface area contributed by atoms with Gasteiger partial charge in [0.15, 0.2) is 0 Å². The zero-order chi connectivity index (χ0) is 16.9. The molecule has 1 aromatic heterocycles. The molecule has 0 unspecified atom stereocenters. The van der Waals surface area contributed by atoms with Crippen LogP contribution >= 0.6 is 11.8 Å². The molecule has 0 aromatic carbocycles. The van der Waals surface area contributed by atoms with Gasteiger partial charge in [-0.1, -0.05) is 6.07 Å². The number of hydrogen-bond acceptors (Lipinski definition) is 4. The molecule has 1 saturated heterocycles. The van der Waals surface area contributed by atoms with Gasteiger partial charge < -0.3 is 9.64 Å². The molecule has 0 saturated carbocycles. The molecule has 2 heterocycles. The van der Waals surface area contributed by atoms with Crippen LogP contribution in [-0.2, 0) is 9.53 Å². The second-order valence-electron chi connectivity index (χ2n) is 5.38. The van der Waals surface area contributed by atoms with Crippen molar-refractivity contribution in [1.82, 2.24) is 9.88 Å². The minimum absolute atomic E-state index is 0.361. The highest BCUT2D eigenvalue weighted by molar-refractivity contribution is 7.99. The molecule has 4 nitrogen and oxygen atoms in total. The van der Waals surface area contributed by atoms with Gasteiger partial charge in [0, 0.05) is 24.5 Å². The van der Waals surface area contributed by atoms with E-state index in [0.717, 1.165) is 17.9 Å².